The molecule has 0 N–H and O–H groups in total. The molecular formula is C12H14O2S. The smallest absolute Gasteiger partial charge is 0.179 e. The third-order valence-electron chi connectivity index (χ3n) is 2.59. The van der Waals surface area contributed by atoms with E-state index in [2.05, 4.69) is 0 Å². The summed E-state index contributed by atoms with van der Waals surface area (Å²) in [5.41, 5.74) is 0.722. The van der Waals surface area contributed by atoms with E-state index in [1.54, 1.807) is 18.9 Å². The molecule has 1 aliphatic rings. The van der Waals surface area contributed by atoms with Gasteiger partial charge in [-0.1, -0.05) is 12.1 Å². The highest BCUT2D eigenvalue weighted by Gasteiger charge is 2.26. The largest absolute Gasteiger partial charge is 0.496 e. The van der Waals surface area contributed by atoms with Gasteiger partial charge in [0.25, 0.3) is 0 Å². The van der Waals surface area contributed by atoms with E-state index >= 15 is 0 Å². The molecule has 1 heterocycles. The molecule has 15 heavy (non-hydrogen) atoms. The molecular weight excluding hydrogens is 208 g/mol. The summed E-state index contributed by atoms with van der Waals surface area (Å²) in [4.78, 5) is 12.1. The lowest BCUT2D eigenvalue weighted by Gasteiger charge is -2.10. The minimum Gasteiger partial charge on any atom is -0.496 e. The first-order chi connectivity index (χ1) is 7.33. The zero-order valence-corrected chi connectivity index (χ0v) is 9.55. The summed E-state index contributed by atoms with van der Waals surface area (Å²) in [6.45, 7) is 0. The predicted molar refractivity (Wildman–Crippen MR) is 62.8 cm³/mol. The van der Waals surface area contributed by atoms with Crippen LogP contribution in [-0.4, -0.2) is 23.9 Å². The van der Waals surface area contributed by atoms with Gasteiger partial charge in [-0.05, 0) is 30.7 Å². The quantitative estimate of drug-likeness (QED) is 0.736. The fourth-order valence-corrected chi connectivity index (χ4v) is 3.04. The van der Waals surface area contributed by atoms with E-state index in [-0.39, 0.29) is 11.0 Å². The number of thioether (sulfide) groups is 1. The second-order valence-electron chi connectivity index (χ2n) is 3.57. The molecule has 0 spiro atoms. The summed E-state index contributed by atoms with van der Waals surface area (Å²) in [7, 11) is 1.61. The van der Waals surface area contributed by atoms with Crippen LogP contribution in [-0.2, 0) is 0 Å². The van der Waals surface area contributed by atoms with Crippen LogP contribution in [0.3, 0.4) is 0 Å². The molecule has 1 aromatic carbocycles. The first-order valence-corrected chi connectivity index (χ1v) is 6.16. The molecule has 0 saturated carbocycles. The number of carbonyl (C=O) groups is 1. The van der Waals surface area contributed by atoms with Crippen LogP contribution in [0.15, 0.2) is 24.3 Å². The summed E-state index contributed by atoms with van der Waals surface area (Å²) < 4.78 is 5.20. The summed E-state index contributed by atoms with van der Waals surface area (Å²) >= 11 is 1.76. The lowest BCUT2D eigenvalue weighted by molar-refractivity contribution is 0.0985. The minimum atomic E-state index is 0.140. The van der Waals surface area contributed by atoms with Crippen LogP contribution in [0.5, 0.6) is 5.75 Å². The summed E-state index contributed by atoms with van der Waals surface area (Å²) in [5, 5.41) is 0.140. The second-order valence-corrected chi connectivity index (χ2v) is 4.88. The van der Waals surface area contributed by atoms with Crippen LogP contribution in [0.25, 0.3) is 0 Å². The Kier molecular flexibility index (Phi) is 3.31. The van der Waals surface area contributed by atoms with Gasteiger partial charge in [0.15, 0.2) is 5.78 Å². The van der Waals surface area contributed by atoms with Crippen molar-refractivity contribution in [3.8, 4) is 5.75 Å². The Morgan fingerprint density at radius 3 is 2.93 bits per heavy atom. The lowest BCUT2D eigenvalue weighted by atomic mass is 10.0. The number of carbonyl (C=O) groups excluding carboxylic acids is 1. The van der Waals surface area contributed by atoms with Gasteiger partial charge in [0.2, 0.25) is 0 Å². The van der Waals surface area contributed by atoms with Crippen molar-refractivity contribution >= 4 is 17.5 Å². The van der Waals surface area contributed by atoms with Crippen LogP contribution in [0.1, 0.15) is 23.2 Å². The van der Waals surface area contributed by atoms with Crippen LogP contribution >= 0.6 is 11.8 Å². The first-order valence-electron chi connectivity index (χ1n) is 5.12. The van der Waals surface area contributed by atoms with Gasteiger partial charge in [0.05, 0.1) is 17.9 Å². The highest BCUT2D eigenvalue weighted by atomic mass is 32.2. The van der Waals surface area contributed by atoms with Crippen LogP contribution < -0.4 is 4.74 Å². The first kappa shape index (κ1) is 10.6. The summed E-state index contributed by atoms with van der Waals surface area (Å²) in [5.74, 6) is 2.01. The SMILES string of the molecule is COc1ccccc1C(=O)C1CCCS1. The van der Waals surface area contributed by atoms with Crippen molar-refractivity contribution in [2.75, 3.05) is 12.9 Å². The molecule has 1 saturated heterocycles. The molecule has 2 rings (SSSR count). The van der Waals surface area contributed by atoms with E-state index in [1.165, 1.54) is 0 Å². The molecule has 1 unspecified atom stereocenters. The number of hydrogen-bond acceptors (Lipinski definition) is 3. The van der Waals surface area contributed by atoms with E-state index in [0.29, 0.717) is 5.75 Å². The Morgan fingerprint density at radius 2 is 2.27 bits per heavy atom. The molecule has 0 aliphatic carbocycles. The number of rotatable bonds is 3. The molecule has 1 fully saturated rings. The third kappa shape index (κ3) is 2.17. The molecule has 2 nitrogen and oxygen atoms in total. The molecule has 0 amide bonds. The monoisotopic (exact) mass is 222 g/mol. The Morgan fingerprint density at radius 1 is 1.47 bits per heavy atom. The zero-order valence-electron chi connectivity index (χ0n) is 8.73. The van der Waals surface area contributed by atoms with Gasteiger partial charge in [-0.3, -0.25) is 4.79 Å². The fraction of sp³-hybridized carbons (Fsp3) is 0.417. The van der Waals surface area contributed by atoms with Gasteiger partial charge in [0, 0.05) is 0 Å². The molecule has 3 heteroatoms. The summed E-state index contributed by atoms with van der Waals surface area (Å²) in [6.07, 6.45) is 2.15. The van der Waals surface area contributed by atoms with Crippen molar-refractivity contribution in [3.63, 3.8) is 0 Å². The van der Waals surface area contributed by atoms with E-state index < -0.39 is 0 Å². The van der Waals surface area contributed by atoms with E-state index in [1.807, 2.05) is 24.3 Å². The van der Waals surface area contributed by atoms with E-state index in [9.17, 15) is 4.79 Å². The molecule has 0 bridgehead atoms. The normalized spacial score (nSPS) is 20.2. The van der Waals surface area contributed by atoms with Crippen LogP contribution in [0.4, 0.5) is 0 Å². The topological polar surface area (TPSA) is 26.3 Å². The maximum Gasteiger partial charge on any atom is 0.179 e. The molecule has 80 valence electrons. The Balaban J connectivity index is 2.24. The zero-order chi connectivity index (χ0) is 10.7. The van der Waals surface area contributed by atoms with Crippen molar-refractivity contribution in [2.24, 2.45) is 0 Å². The maximum absolute atomic E-state index is 12.1. The average Bonchev–Trinajstić information content (AvgIpc) is 2.81. The van der Waals surface area contributed by atoms with Crippen molar-refractivity contribution in [2.45, 2.75) is 18.1 Å². The van der Waals surface area contributed by atoms with Gasteiger partial charge in [-0.15, -0.1) is 0 Å². The Hall–Kier alpha value is -0.960. The van der Waals surface area contributed by atoms with Gasteiger partial charge in [-0.2, -0.15) is 11.8 Å². The number of benzene rings is 1. The van der Waals surface area contributed by atoms with Gasteiger partial charge in [0.1, 0.15) is 5.75 Å². The maximum atomic E-state index is 12.1. The van der Waals surface area contributed by atoms with Gasteiger partial charge < -0.3 is 4.74 Å². The Labute approximate surface area is 94.0 Å². The summed E-state index contributed by atoms with van der Waals surface area (Å²) in [6, 6.07) is 7.46. The highest BCUT2D eigenvalue weighted by molar-refractivity contribution is 8.00. The standard InChI is InChI=1S/C12H14O2S/c1-14-10-6-3-2-5-9(10)12(13)11-7-4-8-15-11/h2-3,5-6,11H,4,7-8H2,1H3. The number of methoxy groups -OCH3 is 1. The molecule has 1 aromatic rings. The molecule has 1 atom stereocenters. The number of hydrogen-bond donors (Lipinski definition) is 0. The molecule has 1 aliphatic heterocycles. The molecule has 0 aromatic heterocycles. The highest BCUT2D eigenvalue weighted by Crippen LogP contribution is 2.31. The number of Topliss-reactive ketones (excluding diaryl/α,β-unsaturated/α-hetero) is 1. The average molecular weight is 222 g/mol. The van der Waals surface area contributed by atoms with Crippen molar-refractivity contribution in [1.82, 2.24) is 0 Å². The van der Waals surface area contributed by atoms with Crippen LogP contribution in [0, 0.1) is 0 Å². The van der Waals surface area contributed by atoms with Gasteiger partial charge in [-0.25, -0.2) is 0 Å². The Bertz CT molecular complexity index is 356. The predicted octanol–water partition coefficient (Wildman–Crippen LogP) is 2.77. The van der Waals surface area contributed by atoms with Crippen molar-refractivity contribution < 1.29 is 9.53 Å². The second kappa shape index (κ2) is 4.71. The third-order valence-corrected chi connectivity index (χ3v) is 3.97. The lowest BCUT2D eigenvalue weighted by Crippen LogP contribution is -2.14. The van der Waals surface area contributed by atoms with Gasteiger partial charge >= 0.3 is 0 Å². The number of ketones is 1. The number of ether oxygens (including phenoxy) is 1. The van der Waals surface area contributed by atoms with Crippen molar-refractivity contribution in [3.05, 3.63) is 29.8 Å². The fourth-order valence-electron chi connectivity index (χ4n) is 1.81. The van der Waals surface area contributed by atoms with Crippen molar-refractivity contribution in [1.29, 1.82) is 0 Å². The molecule has 0 radical (unpaired) electrons. The minimum absolute atomic E-state index is 0.140. The van der Waals surface area contributed by atoms with E-state index in [0.717, 1.165) is 24.2 Å². The van der Waals surface area contributed by atoms with Crippen LogP contribution in [0.2, 0.25) is 0 Å². The number of para-hydroxylation sites is 1. The van der Waals surface area contributed by atoms with E-state index in [4.69, 9.17) is 4.74 Å².